The Morgan fingerprint density at radius 1 is 1.35 bits per heavy atom. The van der Waals surface area contributed by atoms with Crippen LogP contribution in [0.15, 0.2) is 23.2 Å². The van der Waals surface area contributed by atoms with Crippen LogP contribution in [0.2, 0.25) is 10.0 Å². The molecular formula is C12H16Cl3N3OS. The Labute approximate surface area is 138 Å². The van der Waals surface area contributed by atoms with E-state index in [-0.39, 0.29) is 19.0 Å². The first-order valence-electron chi connectivity index (χ1n) is 5.87. The van der Waals surface area contributed by atoms with Crippen molar-refractivity contribution in [3.63, 3.8) is 0 Å². The smallest absolute Gasteiger partial charge is 0.159 e. The molecule has 0 aromatic heterocycles. The monoisotopic (exact) mass is 355 g/mol. The Morgan fingerprint density at radius 3 is 2.75 bits per heavy atom. The number of aliphatic hydroxyl groups is 1. The second-order valence-corrected chi connectivity index (χ2v) is 5.87. The third kappa shape index (κ3) is 5.31. The molecular weight excluding hydrogens is 341 g/mol. The van der Waals surface area contributed by atoms with E-state index >= 15 is 0 Å². The van der Waals surface area contributed by atoms with E-state index in [1.807, 2.05) is 17.0 Å². The molecule has 0 bridgehead atoms. The fourth-order valence-electron chi connectivity index (χ4n) is 1.62. The van der Waals surface area contributed by atoms with E-state index in [0.29, 0.717) is 29.9 Å². The molecule has 1 heterocycles. The normalized spacial score (nSPS) is 15.2. The highest BCUT2D eigenvalue weighted by Gasteiger charge is 2.11. The summed E-state index contributed by atoms with van der Waals surface area (Å²) in [5, 5.41) is 14.1. The van der Waals surface area contributed by atoms with Gasteiger partial charge in [0.25, 0.3) is 0 Å². The van der Waals surface area contributed by atoms with Crippen molar-refractivity contribution in [2.24, 2.45) is 4.99 Å². The third-order valence-corrected chi connectivity index (χ3v) is 4.41. The van der Waals surface area contributed by atoms with Gasteiger partial charge in [-0.2, -0.15) is 0 Å². The highest BCUT2D eigenvalue weighted by Crippen LogP contribution is 2.25. The molecule has 2 N–H and O–H groups in total. The minimum Gasteiger partial charge on any atom is -0.395 e. The first kappa shape index (κ1) is 17.9. The summed E-state index contributed by atoms with van der Waals surface area (Å²) in [5.41, 5.74) is 1.11. The van der Waals surface area contributed by atoms with Gasteiger partial charge in [0.15, 0.2) is 5.17 Å². The first-order valence-corrected chi connectivity index (χ1v) is 7.61. The summed E-state index contributed by atoms with van der Waals surface area (Å²) in [6.07, 6.45) is 0. The molecule has 1 aromatic carbocycles. The molecule has 1 aliphatic rings. The highest BCUT2D eigenvalue weighted by atomic mass is 35.5. The number of benzene rings is 1. The molecule has 4 nitrogen and oxygen atoms in total. The number of amidine groups is 1. The number of aliphatic hydroxyl groups excluding tert-OH is 1. The first-order chi connectivity index (χ1) is 9.19. The number of β-amino-alcohol motifs (C(OH)–C–C–N with tert-alkyl or cyclic N) is 1. The van der Waals surface area contributed by atoms with Crippen LogP contribution in [-0.2, 0) is 5.75 Å². The minimum absolute atomic E-state index is 0. The van der Waals surface area contributed by atoms with Crippen molar-refractivity contribution in [3.05, 3.63) is 33.8 Å². The van der Waals surface area contributed by atoms with E-state index in [1.165, 1.54) is 0 Å². The van der Waals surface area contributed by atoms with Crippen LogP contribution in [0.1, 0.15) is 5.56 Å². The van der Waals surface area contributed by atoms with Crippen molar-refractivity contribution in [2.75, 3.05) is 26.5 Å². The Balaban J connectivity index is 0.00000200. The van der Waals surface area contributed by atoms with Gasteiger partial charge in [-0.15, -0.1) is 12.4 Å². The Hall–Kier alpha value is -0.170. The van der Waals surface area contributed by atoms with Crippen LogP contribution in [0.3, 0.4) is 0 Å². The number of nitrogens with zero attached hydrogens (tertiary/aromatic N) is 2. The zero-order valence-corrected chi connectivity index (χ0v) is 13.8. The van der Waals surface area contributed by atoms with Crippen molar-refractivity contribution in [2.45, 2.75) is 5.75 Å². The average Bonchev–Trinajstić information content (AvgIpc) is 2.42. The molecule has 2 rings (SSSR count). The second kappa shape index (κ2) is 8.97. The Kier molecular flexibility index (Phi) is 8.02. The van der Waals surface area contributed by atoms with Gasteiger partial charge in [0.1, 0.15) is 0 Å². The molecule has 0 saturated carbocycles. The molecule has 0 atom stereocenters. The summed E-state index contributed by atoms with van der Waals surface area (Å²) >= 11 is 13.5. The Morgan fingerprint density at radius 2 is 2.15 bits per heavy atom. The molecule has 1 aliphatic heterocycles. The topological polar surface area (TPSA) is 47.9 Å². The Bertz CT molecular complexity index is 473. The van der Waals surface area contributed by atoms with Gasteiger partial charge in [-0.1, -0.05) is 41.0 Å². The number of rotatable bonds is 4. The molecule has 0 radical (unpaired) electrons. The van der Waals surface area contributed by atoms with Crippen LogP contribution in [-0.4, -0.2) is 41.7 Å². The molecule has 1 aromatic rings. The number of thioether (sulfide) groups is 1. The predicted molar refractivity (Wildman–Crippen MR) is 89.1 cm³/mol. The van der Waals surface area contributed by atoms with Gasteiger partial charge in [-0.3, -0.25) is 4.90 Å². The summed E-state index contributed by atoms with van der Waals surface area (Å²) < 4.78 is 0. The zero-order valence-electron chi connectivity index (χ0n) is 10.7. The van der Waals surface area contributed by atoms with E-state index in [1.54, 1.807) is 17.8 Å². The van der Waals surface area contributed by atoms with Crippen molar-refractivity contribution in [1.29, 1.82) is 0 Å². The lowest BCUT2D eigenvalue weighted by Crippen LogP contribution is -2.42. The van der Waals surface area contributed by atoms with Crippen molar-refractivity contribution >= 4 is 52.5 Å². The minimum atomic E-state index is 0. The zero-order chi connectivity index (χ0) is 13.7. The van der Waals surface area contributed by atoms with Gasteiger partial charge in [-0.05, 0) is 17.7 Å². The highest BCUT2D eigenvalue weighted by molar-refractivity contribution is 8.13. The second-order valence-electron chi connectivity index (χ2n) is 4.09. The molecule has 8 heteroatoms. The van der Waals surface area contributed by atoms with E-state index in [2.05, 4.69) is 10.3 Å². The molecule has 0 saturated heterocycles. The predicted octanol–water partition coefficient (Wildman–Crippen LogP) is 2.82. The van der Waals surface area contributed by atoms with Crippen LogP contribution in [0.4, 0.5) is 0 Å². The van der Waals surface area contributed by atoms with Crippen molar-refractivity contribution in [3.8, 4) is 0 Å². The van der Waals surface area contributed by atoms with Crippen LogP contribution in [0.5, 0.6) is 0 Å². The summed E-state index contributed by atoms with van der Waals surface area (Å²) in [5.74, 6) is 0.794. The van der Waals surface area contributed by atoms with Gasteiger partial charge in [0, 0.05) is 12.3 Å². The van der Waals surface area contributed by atoms with E-state index < -0.39 is 0 Å². The van der Waals surface area contributed by atoms with E-state index in [0.717, 1.165) is 16.5 Å². The summed E-state index contributed by atoms with van der Waals surface area (Å²) in [7, 11) is 0. The maximum Gasteiger partial charge on any atom is 0.159 e. The molecule has 0 amide bonds. The van der Waals surface area contributed by atoms with Crippen molar-refractivity contribution in [1.82, 2.24) is 10.2 Å². The molecule has 0 fully saturated rings. The quantitative estimate of drug-likeness (QED) is 0.871. The van der Waals surface area contributed by atoms with Crippen LogP contribution >= 0.6 is 47.4 Å². The summed E-state index contributed by atoms with van der Waals surface area (Å²) in [4.78, 5) is 6.44. The molecule has 20 heavy (non-hydrogen) atoms. The number of hydrogen-bond donors (Lipinski definition) is 2. The molecule has 0 aliphatic carbocycles. The fraction of sp³-hybridized carbons (Fsp3) is 0.417. The van der Waals surface area contributed by atoms with Crippen LogP contribution in [0.25, 0.3) is 0 Å². The molecule has 0 spiro atoms. The van der Waals surface area contributed by atoms with Gasteiger partial charge in [0.05, 0.1) is 30.0 Å². The lowest BCUT2D eigenvalue weighted by molar-refractivity contribution is 0.192. The average molecular weight is 357 g/mol. The number of nitrogens with one attached hydrogen (secondary N) is 1. The van der Waals surface area contributed by atoms with E-state index in [9.17, 15) is 0 Å². The largest absolute Gasteiger partial charge is 0.395 e. The van der Waals surface area contributed by atoms with E-state index in [4.69, 9.17) is 28.3 Å². The summed E-state index contributed by atoms with van der Waals surface area (Å²) in [6.45, 7) is 2.13. The molecule has 0 unspecified atom stereocenters. The lowest BCUT2D eigenvalue weighted by Gasteiger charge is -2.25. The summed E-state index contributed by atoms with van der Waals surface area (Å²) in [6, 6.07) is 5.64. The maximum atomic E-state index is 8.84. The van der Waals surface area contributed by atoms with Crippen molar-refractivity contribution < 1.29 is 5.11 Å². The fourth-order valence-corrected chi connectivity index (χ4v) is 2.74. The standard InChI is InChI=1S/C12H15Cl2N3OS.ClH/c13-10-2-1-9(5-11(10)14)6-19-12-15-7-17(3-4-18)8-16-12;/h1-2,5,18H,3-4,6-8H2,(H,15,16);1H. The third-order valence-electron chi connectivity index (χ3n) is 2.64. The van der Waals surface area contributed by atoms with Gasteiger partial charge in [-0.25, -0.2) is 4.99 Å². The van der Waals surface area contributed by atoms with Gasteiger partial charge >= 0.3 is 0 Å². The SMILES string of the molecule is Cl.OCCN1CN=C(SCc2ccc(Cl)c(Cl)c2)NC1. The lowest BCUT2D eigenvalue weighted by atomic mass is 10.2. The van der Waals surface area contributed by atoms with Crippen LogP contribution in [0, 0.1) is 0 Å². The number of halogens is 3. The molecule has 112 valence electrons. The number of hydrogen-bond acceptors (Lipinski definition) is 5. The maximum absolute atomic E-state index is 8.84. The number of aliphatic imine (C=N–C) groups is 1. The van der Waals surface area contributed by atoms with Crippen LogP contribution < -0.4 is 5.32 Å². The van der Waals surface area contributed by atoms with Gasteiger partial charge < -0.3 is 10.4 Å². The van der Waals surface area contributed by atoms with Gasteiger partial charge in [0.2, 0.25) is 0 Å².